The summed E-state index contributed by atoms with van der Waals surface area (Å²) in [5.41, 5.74) is 1.60. The van der Waals surface area contributed by atoms with E-state index in [1.165, 1.54) is 13.0 Å². The fourth-order valence-corrected chi connectivity index (χ4v) is 4.74. The number of rotatable bonds is 6. The molecule has 0 fully saturated rings. The number of carbonyl (C=O) groups excluding carboxylic acids is 1. The summed E-state index contributed by atoms with van der Waals surface area (Å²) in [6, 6.07) is 11.6. The first-order chi connectivity index (χ1) is 12.3. The average molecular weight is 689 g/mol. The highest BCUT2D eigenvalue weighted by molar-refractivity contribution is 14.1. The number of halogens is 3. The monoisotopic (exact) mass is 689 g/mol. The van der Waals surface area contributed by atoms with Crippen LogP contribution in [0.5, 0.6) is 5.75 Å². The van der Waals surface area contributed by atoms with Gasteiger partial charge in [-0.3, -0.25) is 4.79 Å². The quantitative estimate of drug-likeness (QED) is 0.343. The van der Waals surface area contributed by atoms with Crippen LogP contribution in [-0.4, -0.2) is 17.0 Å². The molecule has 0 aliphatic carbocycles. The van der Waals surface area contributed by atoms with Crippen LogP contribution >= 0.6 is 67.8 Å². The summed E-state index contributed by atoms with van der Waals surface area (Å²) in [5, 5.41) is 11.5. The third-order valence-electron chi connectivity index (χ3n) is 3.20. The van der Waals surface area contributed by atoms with Crippen molar-refractivity contribution in [3.05, 3.63) is 63.9 Å². The van der Waals surface area contributed by atoms with Gasteiger partial charge in [0.1, 0.15) is 18.1 Å². The van der Waals surface area contributed by atoms with Crippen molar-refractivity contribution in [2.24, 2.45) is 0 Å². The molecule has 0 heterocycles. The van der Waals surface area contributed by atoms with Crippen LogP contribution in [0.4, 0.5) is 0 Å². The van der Waals surface area contributed by atoms with E-state index in [1.807, 2.05) is 36.4 Å². The highest BCUT2D eigenvalue weighted by Crippen LogP contribution is 2.30. The molecule has 5 nitrogen and oxygen atoms in total. The van der Waals surface area contributed by atoms with Gasteiger partial charge in [0.2, 0.25) is 5.91 Å². The number of amides is 1. The molecule has 0 atom stereocenters. The summed E-state index contributed by atoms with van der Waals surface area (Å²) in [4.78, 5) is 22.4. The lowest BCUT2D eigenvalue weighted by atomic mass is 10.2. The highest BCUT2D eigenvalue weighted by atomic mass is 127. The summed E-state index contributed by atoms with van der Waals surface area (Å²) in [5.74, 6) is -0.871. The molecule has 0 aliphatic heterocycles. The summed E-state index contributed by atoms with van der Waals surface area (Å²) in [6.07, 6.45) is 1.43. The van der Waals surface area contributed by atoms with Gasteiger partial charge in [-0.25, -0.2) is 4.79 Å². The molecular formula is C18H14I3NO4. The number of aliphatic carboxylic acids is 1. The van der Waals surface area contributed by atoms with E-state index in [4.69, 9.17) is 4.74 Å². The molecule has 0 spiro atoms. The second-order valence-electron chi connectivity index (χ2n) is 5.24. The predicted octanol–water partition coefficient (Wildman–Crippen LogP) is 4.64. The molecule has 0 saturated carbocycles. The Hall–Kier alpha value is -0.890. The van der Waals surface area contributed by atoms with Gasteiger partial charge in [0.15, 0.2) is 0 Å². The van der Waals surface area contributed by atoms with Crippen molar-refractivity contribution < 1.29 is 19.4 Å². The highest BCUT2D eigenvalue weighted by Gasteiger charge is 2.13. The van der Waals surface area contributed by atoms with Gasteiger partial charge in [-0.15, -0.1) is 0 Å². The van der Waals surface area contributed by atoms with E-state index < -0.39 is 11.9 Å². The van der Waals surface area contributed by atoms with Crippen molar-refractivity contribution in [2.45, 2.75) is 13.5 Å². The summed E-state index contributed by atoms with van der Waals surface area (Å²) < 4.78 is 8.84. The van der Waals surface area contributed by atoms with Crippen LogP contribution in [-0.2, 0) is 16.2 Å². The molecule has 0 aromatic heterocycles. The Morgan fingerprint density at radius 1 is 1.12 bits per heavy atom. The summed E-state index contributed by atoms with van der Waals surface area (Å²) >= 11 is 6.59. The van der Waals surface area contributed by atoms with Crippen LogP contribution in [0.2, 0.25) is 0 Å². The summed E-state index contributed by atoms with van der Waals surface area (Å²) in [6.45, 7) is 1.72. The Bertz CT molecular complexity index is 857. The maximum atomic E-state index is 11.3. The van der Waals surface area contributed by atoms with Crippen LogP contribution in [0.25, 0.3) is 6.08 Å². The van der Waals surface area contributed by atoms with E-state index in [9.17, 15) is 14.7 Å². The molecule has 2 N–H and O–H groups in total. The normalized spacial score (nSPS) is 11.2. The van der Waals surface area contributed by atoms with E-state index >= 15 is 0 Å². The number of nitrogens with one attached hydrogen (secondary N) is 1. The van der Waals surface area contributed by atoms with Crippen molar-refractivity contribution in [3.63, 3.8) is 0 Å². The van der Waals surface area contributed by atoms with Crippen molar-refractivity contribution in [3.8, 4) is 5.75 Å². The number of benzene rings is 2. The van der Waals surface area contributed by atoms with E-state index in [0.29, 0.717) is 12.2 Å². The smallest absolute Gasteiger partial charge is 0.352 e. The Labute approximate surface area is 192 Å². The standard InChI is InChI=1S/C18H14I3NO4/c1-10(23)22-16(18(24)25)8-11-6-14(20)17(15(21)7-11)26-9-12-4-2-3-5-13(12)19/h2-8H,9H2,1H3,(H,22,23)(H,24,25). The Morgan fingerprint density at radius 2 is 1.73 bits per heavy atom. The van der Waals surface area contributed by atoms with Gasteiger partial charge >= 0.3 is 5.97 Å². The molecule has 0 unspecified atom stereocenters. The van der Waals surface area contributed by atoms with E-state index in [2.05, 4.69) is 73.1 Å². The average Bonchev–Trinajstić information content (AvgIpc) is 2.54. The lowest BCUT2D eigenvalue weighted by Crippen LogP contribution is -2.24. The van der Waals surface area contributed by atoms with Gasteiger partial charge in [0.05, 0.1) is 7.14 Å². The number of carbonyl (C=O) groups is 2. The molecule has 2 aromatic rings. The lowest BCUT2D eigenvalue weighted by molar-refractivity contribution is -0.134. The molecule has 8 heteroatoms. The van der Waals surface area contributed by atoms with Crippen LogP contribution < -0.4 is 10.1 Å². The molecule has 0 saturated heterocycles. The van der Waals surface area contributed by atoms with Crippen molar-refractivity contribution >= 4 is 85.7 Å². The fraction of sp³-hybridized carbons (Fsp3) is 0.111. The van der Waals surface area contributed by atoms with Crippen molar-refractivity contribution in [1.82, 2.24) is 5.32 Å². The Kier molecular flexibility index (Phi) is 8.13. The molecule has 2 rings (SSSR count). The van der Waals surface area contributed by atoms with Gasteiger partial charge < -0.3 is 15.2 Å². The van der Waals surface area contributed by atoms with E-state index in [0.717, 1.165) is 22.0 Å². The molecular weight excluding hydrogens is 675 g/mol. The largest absolute Gasteiger partial charge is 0.487 e. The van der Waals surface area contributed by atoms with E-state index in [-0.39, 0.29) is 5.70 Å². The molecule has 2 aromatic carbocycles. The minimum atomic E-state index is -1.19. The van der Waals surface area contributed by atoms with Crippen LogP contribution in [0.15, 0.2) is 42.1 Å². The number of carboxylic acid groups (broad SMARTS) is 1. The van der Waals surface area contributed by atoms with Crippen LogP contribution in [0.1, 0.15) is 18.1 Å². The molecule has 136 valence electrons. The maximum Gasteiger partial charge on any atom is 0.352 e. The van der Waals surface area contributed by atoms with Gasteiger partial charge in [0, 0.05) is 16.1 Å². The Morgan fingerprint density at radius 3 is 2.27 bits per heavy atom. The molecule has 0 aliphatic rings. The Balaban J connectivity index is 2.26. The second-order valence-corrected chi connectivity index (χ2v) is 8.72. The topological polar surface area (TPSA) is 75.6 Å². The first-order valence-corrected chi connectivity index (χ1v) is 10.6. The number of hydrogen-bond donors (Lipinski definition) is 2. The minimum absolute atomic E-state index is 0.170. The van der Waals surface area contributed by atoms with Gasteiger partial charge in [-0.05, 0) is 97.6 Å². The molecule has 1 amide bonds. The van der Waals surface area contributed by atoms with Crippen LogP contribution in [0.3, 0.4) is 0 Å². The number of ether oxygens (including phenoxy) is 1. The third-order valence-corrected chi connectivity index (χ3v) is 5.86. The first-order valence-electron chi connectivity index (χ1n) is 7.35. The first kappa shape index (κ1) is 21.4. The fourth-order valence-electron chi connectivity index (χ4n) is 2.07. The van der Waals surface area contributed by atoms with Gasteiger partial charge in [0.25, 0.3) is 0 Å². The number of carboxylic acids is 1. The number of hydrogen-bond acceptors (Lipinski definition) is 3. The lowest BCUT2D eigenvalue weighted by Gasteiger charge is -2.13. The molecule has 26 heavy (non-hydrogen) atoms. The molecule has 0 radical (unpaired) electrons. The van der Waals surface area contributed by atoms with Gasteiger partial charge in [-0.1, -0.05) is 18.2 Å². The zero-order valence-electron chi connectivity index (χ0n) is 13.6. The van der Waals surface area contributed by atoms with Gasteiger partial charge in [-0.2, -0.15) is 0 Å². The van der Waals surface area contributed by atoms with Crippen LogP contribution in [0, 0.1) is 10.7 Å². The predicted molar refractivity (Wildman–Crippen MR) is 125 cm³/mol. The van der Waals surface area contributed by atoms with Crippen molar-refractivity contribution in [2.75, 3.05) is 0 Å². The molecule has 0 bridgehead atoms. The van der Waals surface area contributed by atoms with Crippen molar-refractivity contribution in [1.29, 1.82) is 0 Å². The maximum absolute atomic E-state index is 11.3. The SMILES string of the molecule is CC(=O)NC(=Cc1cc(I)c(OCc2ccccc2I)c(I)c1)C(=O)O. The zero-order valence-corrected chi connectivity index (χ0v) is 20.0. The third kappa shape index (κ3) is 6.08. The van der Waals surface area contributed by atoms with E-state index in [1.54, 1.807) is 0 Å². The zero-order chi connectivity index (χ0) is 19.3. The second kappa shape index (κ2) is 9.88. The minimum Gasteiger partial charge on any atom is -0.487 e. The summed E-state index contributed by atoms with van der Waals surface area (Å²) in [7, 11) is 0.